The maximum Gasteiger partial charge on any atom is 0.258 e. The average molecular weight is 404 g/mol. The molecule has 1 fully saturated rings. The van der Waals surface area contributed by atoms with E-state index in [4.69, 9.17) is 0 Å². The lowest BCUT2D eigenvalue weighted by Crippen LogP contribution is -2.35. The van der Waals surface area contributed by atoms with Gasteiger partial charge in [0.1, 0.15) is 5.65 Å². The van der Waals surface area contributed by atoms with Crippen LogP contribution >= 0.6 is 11.3 Å². The van der Waals surface area contributed by atoms with Crippen LogP contribution in [0.15, 0.2) is 46.7 Å². The molecule has 0 radical (unpaired) electrons. The third kappa shape index (κ3) is 4.12. The number of pyridine rings is 1. The molecule has 0 N–H and O–H groups in total. The molecule has 0 unspecified atom stereocenters. The second kappa shape index (κ2) is 7.18. The van der Waals surface area contributed by atoms with Gasteiger partial charge in [-0.1, -0.05) is 12.1 Å². The van der Waals surface area contributed by atoms with Crippen molar-refractivity contribution in [3.8, 4) is 0 Å². The third-order valence-electron chi connectivity index (χ3n) is 4.89. The maximum absolute atomic E-state index is 12.5. The Hall–Kier alpha value is -2.03. The smallest absolute Gasteiger partial charge is 0.258 e. The Bertz CT molecular complexity index is 1120. The highest BCUT2D eigenvalue weighted by atomic mass is 32.2. The van der Waals surface area contributed by atoms with Crippen LogP contribution in [0.1, 0.15) is 22.6 Å². The maximum atomic E-state index is 12.5. The van der Waals surface area contributed by atoms with Crippen LogP contribution in [-0.2, 0) is 22.9 Å². The molecule has 8 heteroatoms. The summed E-state index contributed by atoms with van der Waals surface area (Å²) in [5.41, 5.74) is 2.16. The second-order valence-corrected chi connectivity index (χ2v) is 10.3. The molecule has 1 aliphatic heterocycles. The quantitative estimate of drug-likeness (QED) is 0.653. The Morgan fingerprint density at radius 2 is 2.15 bits per heavy atom. The summed E-state index contributed by atoms with van der Waals surface area (Å²) >= 11 is 1.65. The first kappa shape index (κ1) is 18.3. The fourth-order valence-electron chi connectivity index (χ4n) is 3.53. The van der Waals surface area contributed by atoms with E-state index in [1.54, 1.807) is 28.0 Å². The first-order valence-electron chi connectivity index (χ1n) is 8.85. The minimum atomic E-state index is -2.98. The van der Waals surface area contributed by atoms with Crippen molar-refractivity contribution in [3.05, 3.63) is 68.4 Å². The van der Waals surface area contributed by atoms with E-state index in [1.165, 1.54) is 4.88 Å². The van der Waals surface area contributed by atoms with Gasteiger partial charge in [-0.05, 0) is 36.4 Å². The number of thiophene rings is 1. The highest BCUT2D eigenvalue weighted by Crippen LogP contribution is 2.23. The molecule has 4 heterocycles. The summed E-state index contributed by atoms with van der Waals surface area (Å²) in [6.07, 6.45) is 2.40. The fraction of sp³-hybridized carbons (Fsp3) is 0.368. The van der Waals surface area contributed by atoms with Gasteiger partial charge in [-0.15, -0.1) is 11.3 Å². The highest BCUT2D eigenvalue weighted by molar-refractivity contribution is 7.91. The molecule has 142 valence electrons. The van der Waals surface area contributed by atoms with E-state index in [0.29, 0.717) is 30.9 Å². The number of hydrogen-bond donors (Lipinski definition) is 0. The summed E-state index contributed by atoms with van der Waals surface area (Å²) in [6.45, 7) is 3.05. The predicted octanol–water partition coefficient (Wildman–Crippen LogP) is 2.25. The minimum absolute atomic E-state index is 0.0460. The standard InChI is InChI=1S/C19H21N3O3S2/c1-14-4-5-18-20-15(9-19(23)22(18)10-14)11-21(12-17-3-2-7-26-17)16-6-8-27(24,25)13-16/h2-5,7,9-10,16H,6,8,11-13H2,1H3/t16-/m1/s1. The van der Waals surface area contributed by atoms with E-state index >= 15 is 0 Å². The molecule has 0 saturated carbocycles. The number of rotatable bonds is 5. The second-order valence-electron chi connectivity index (χ2n) is 7.06. The number of fused-ring (bicyclic) bond motifs is 1. The summed E-state index contributed by atoms with van der Waals surface area (Å²) in [7, 11) is -2.98. The van der Waals surface area contributed by atoms with Crippen molar-refractivity contribution < 1.29 is 8.42 Å². The Labute approximate surface area is 162 Å². The van der Waals surface area contributed by atoms with Crippen LogP contribution in [0.3, 0.4) is 0 Å². The van der Waals surface area contributed by atoms with Crippen molar-refractivity contribution in [1.82, 2.24) is 14.3 Å². The molecule has 6 nitrogen and oxygen atoms in total. The van der Waals surface area contributed by atoms with E-state index in [1.807, 2.05) is 36.6 Å². The zero-order chi connectivity index (χ0) is 19.0. The van der Waals surface area contributed by atoms with Crippen molar-refractivity contribution in [2.24, 2.45) is 0 Å². The minimum Gasteiger partial charge on any atom is -0.288 e. The molecule has 0 bridgehead atoms. The van der Waals surface area contributed by atoms with Gasteiger partial charge >= 0.3 is 0 Å². The summed E-state index contributed by atoms with van der Waals surface area (Å²) < 4.78 is 25.5. The fourth-order valence-corrected chi connectivity index (χ4v) is 6.02. The molecule has 0 aliphatic carbocycles. The van der Waals surface area contributed by atoms with E-state index in [-0.39, 0.29) is 23.1 Å². The van der Waals surface area contributed by atoms with Crippen molar-refractivity contribution >= 4 is 26.8 Å². The number of nitrogens with zero attached hydrogens (tertiary/aromatic N) is 3. The van der Waals surface area contributed by atoms with Gasteiger partial charge in [0.2, 0.25) is 0 Å². The molecule has 0 amide bonds. The van der Waals surface area contributed by atoms with Crippen molar-refractivity contribution in [3.63, 3.8) is 0 Å². The van der Waals surface area contributed by atoms with Gasteiger partial charge in [-0.3, -0.25) is 14.1 Å². The van der Waals surface area contributed by atoms with Crippen LogP contribution < -0.4 is 5.56 Å². The first-order valence-corrected chi connectivity index (χ1v) is 11.6. The molecule has 0 aromatic carbocycles. The Morgan fingerprint density at radius 3 is 2.85 bits per heavy atom. The summed E-state index contributed by atoms with van der Waals surface area (Å²) in [4.78, 5) is 20.4. The lowest BCUT2D eigenvalue weighted by molar-refractivity contribution is 0.194. The first-order chi connectivity index (χ1) is 12.9. The van der Waals surface area contributed by atoms with E-state index < -0.39 is 9.84 Å². The third-order valence-corrected chi connectivity index (χ3v) is 7.50. The van der Waals surface area contributed by atoms with Crippen LogP contribution in [0.25, 0.3) is 5.65 Å². The topological polar surface area (TPSA) is 71.8 Å². The van der Waals surface area contributed by atoms with Crippen LogP contribution in [0.2, 0.25) is 0 Å². The van der Waals surface area contributed by atoms with Crippen LogP contribution in [0.4, 0.5) is 0 Å². The molecular formula is C19H21N3O3S2. The van der Waals surface area contributed by atoms with Crippen LogP contribution in [0.5, 0.6) is 0 Å². The van der Waals surface area contributed by atoms with Gasteiger partial charge in [-0.25, -0.2) is 13.4 Å². The molecule has 0 spiro atoms. The molecule has 1 aliphatic rings. The molecule has 4 rings (SSSR count). The number of aryl methyl sites for hydroxylation is 1. The van der Waals surface area contributed by atoms with Crippen molar-refractivity contribution in [2.45, 2.75) is 32.5 Å². The normalized spacial score (nSPS) is 19.1. The lowest BCUT2D eigenvalue weighted by Gasteiger charge is -2.27. The van der Waals surface area contributed by atoms with Crippen molar-refractivity contribution in [1.29, 1.82) is 0 Å². The molecule has 27 heavy (non-hydrogen) atoms. The van der Waals surface area contributed by atoms with Gasteiger partial charge in [0, 0.05) is 36.3 Å². The molecule has 1 atom stereocenters. The zero-order valence-electron chi connectivity index (χ0n) is 15.0. The molecule has 3 aromatic rings. The number of aromatic nitrogens is 2. The summed E-state index contributed by atoms with van der Waals surface area (Å²) in [6, 6.07) is 9.31. The molecular weight excluding hydrogens is 382 g/mol. The van der Waals surface area contributed by atoms with Crippen LogP contribution in [0, 0.1) is 6.92 Å². The van der Waals surface area contributed by atoms with Gasteiger partial charge in [0.25, 0.3) is 5.56 Å². The van der Waals surface area contributed by atoms with Gasteiger partial charge in [0.05, 0.1) is 17.2 Å². The molecule has 3 aromatic heterocycles. The Morgan fingerprint density at radius 1 is 1.30 bits per heavy atom. The Kier molecular flexibility index (Phi) is 4.88. The zero-order valence-corrected chi connectivity index (χ0v) is 16.7. The summed E-state index contributed by atoms with van der Waals surface area (Å²) in [5, 5.41) is 2.02. The van der Waals surface area contributed by atoms with Gasteiger partial charge in [-0.2, -0.15) is 0 Å². The predicted molar refractivity (Wildman–Crippen MR) is 107 cm³/mol. The highest BCUT2D eigenvalue weighted by Gasteiger charge is 2.32. The van der Waals surface area contributed by atoms with Crippen LogP contribution in [-0.4, -0.2) is 40.2 Å². The largest absolute Gasteiger partial charge is 0.288 e. The van der Waals surface area contributed by atoms with Gasteiger partial charge < -0.3 is 0 Å². The van der Waals surface area contributed by atoms with E-state index in [2.05, 4.69) is 9.88 Å². The SMILES string of the molecule is Cc1ccc2nc(CN(Cc3cccs3)[C@@H]3CCS(=O)(=O)C3)cc(=O)n2c1. The van der Waals surface area contributed by atoms with Gasteiger partial charge in [0.15, 0.2) is 9.84 Å². The number of hydrogen-bond acceptors (Lipinski definition) is 6. The Balaban J connectivity index is 1.65. The van der Waals surface area contributed by atoms with Crippen molar-refractivity contribution in [2.75, 3.05) is 11.5 Å². The molecule has 1 saturated heterocycles. The monoisotopic (exact) mass is 403 g/mol. The number of sulfone groups is 1. The lowest BCUT2D eigenvalue weighted by atomic mass is 10.2. The van der Waals surface area contributed by atoms with E-state index in [0.717, 1.165) is 5.56 Å². The summed E-state index contributed by atoms with van der Waals surface area (Å²) in [5.74, 6) is 0.399. The van der Waals surface area contributed by atoms with E-state index in [9.17, 15) is 13.2 Å². The average Bonchev–Trinajstić information content (AvgIpc) is 3.24.